The van der Waals surface area contributed by atoms with Crippen molar-refractivity contribution in [3.05, 3.63) is 47.1 Å². The van der Waals surface area contributed by atoms with Crippen molar-refractivity contribution in [3.8, 4) is 17.0 Å². The van der Waals surface area contributed by atoms with E-state index in [0.717, 1.165) is 64.4 Å². The van der Waals surface area contributed by atoms with Gasteiger partial charge in [-0.15, -0.1) is 0 Å². The number of nitrogens with zero attached hydrogens (tertiary/aromatic N) is 4. The Morgan fingerprint density at radius 2 is 1.88 bits per heavy atom. The molecule has 0 saturated carbocycles. The van der Waals surface area contributed by atoms with Crippen molar-refractivity contribution in [2.45, 2.75) is 0 Å². The van der Waals surface area contributed by atoms with E-state index in [4.69, 9.17) is 9.72 Å². The number of ether oxygens (including phenoxy) is 1. The number of aromatic nitrogens is 2. The van der Waals surface area contributed by atoms with Crippen LogP contribution in [0, 0.1) is 0 Å². The van der Waals surface area contributed by atoms with Gasteiger partial charge in [-0.3, -0.25) is 4.98 Å². The predicted octanol–water partition coefficient (Wildman–Crippen LogP) is 3.82. The lowest BCUT2D eigenvalue weighted by Crippen LogP contribution is -2.44. The van der Waals surface area contributed by atoms with E-state index in [1.165, 1.54) is 0 Å². The molecule has 1 aliphatic heterocycles. The molecule has 3 aromatic rings. The minimum Gasteiger partial charge on any atom is -0.495 e. The summed E-state index contributed by atoms with van der Waals surface area (Å²) >= 11 is 3.57. The molecular weight excluding hydrogens is 392 g/mol. The van der Waals surface area contributed by atoms with Crippen molar-refractivity contribution < 1.29 is 4.74 Å². The van der Waals surface area contributed by atoms with Gasteiger partial charge >= 0.3 is 0 Å². The lowest BCUT2D eigenvalue weighted by molar-refractivity contribution is 0.311. The number of anilines is 1. The number of para-hydroxylation sites is 1. The van der Waals surface area contributed by atoms with Crippen molar-refractivity contribution in [1.82, 2.24) is 14.9 Å². The standard InChI is InChI=1S/C20H21BrN4O/c1-24-8-10-25(11-9-24)18-12-14(6-7-19(18)26-2)17-13-22-16-5-3-4-15(21)20(16)23-17/h3-7,12-13H,8-11H2,1-2H3. The van der Waals surface area contributed by atoms with Gasteiger partial charge in [0.1, 0.15) is 11.3 Å². The summed E-state index contributed by atoms with van der Waals surface area (Å²) in [5, 5.41) is 0. The number of methoxy groups -OCH3 is 1. The number of halogens is 1. The van der Waals surface area contributed by atoms with Gasteiger partial charge in [-0.05, 0) is 53.3 Å². The maximum absolute atomic E-state index is 5.61. The van der Waals surface area contributed by atoms with Crippen LogP contribution in [0.4, 0.5) is 5.69 Å². The lowest BCUT2D eigenvalue weighted by Gasteiger charge is -2.34. The first kappa shape index (κ1) is 17.2. The number of fused-ring (bicyclic) bond motifs is 1. The Morgan fingerprint density at radius 1 is 1.08 bits per heavy atom. The smallest absolute Gasteiger partial charge is 0.142 e. The molecule has 0 spiro atoms. The van der Waals surface area contributed by atoms with Crippen LogP contribution < -0.4 is 9.64 Å². The number of rotatable bonds is 3. The van der Waals surface area contributed by atoms with Crippen LogP contribution in [0.3, 0.4) is 0 Å². The van der Waals surface area contributed by atoms with E-state index in [1.54, 1.807) is 7.11 Å². The summed E-state index contributed by atoms with van der Waals surface area (Å²) < 4.78 is 6.56. The fourth-order valence-corrected chi connectivity index (χ4v) is 3.73. The topological polar surface area (TPSA) is 41.5 Å². The summed E-state index contributed by atoms with van der Waals surface area (Å²) in [6.07, 6.45) is 1.84. The fraction of sp³-hybridized carbons (Fsp3) is 0.300. The van der Waals surface area contributed by atoms with E-state index in [2.05, 4.69) is 43.8 Å². The third-order valence-corrected chi connectivity index (χ3v) is 5.48. The first-order valence-corrected chi connectivity index (χ1v) is 9.48. The second-order valence-corrected chi connectivity index (χ2v) is 7.39. The number of benzene rings is 2. The van der Waals surface area contributed by atoms with Crippen LogP contribution in [-0.4, -0.2) is 55.2 Å². The minimum atomic E-state index is 0.863. The zero-order chi connectivity index (χ0) is 18.1. The van der Waals surface area contributed by atoms with E-state index in [-0.39, 0.29) is 0 Å². The number of piperazine rings is 1. The van der Waals surface area contributed by atoms with Crippen LogP contribution in [0.5, 0.6) is 5.75 Å². The SMILES string of the molecule is COc1ccc(-c2cnc3cccc(Br)c3n2)cc1N1CCN(C)CC1. The third-order valence-electron chi connectivity index (χ3n) is 4.84. The van der Waals surface area contributed by atoms with Crippen molar-refractivity contribution in [3.63, 3.8) is 0 Å². The molecule has 2 heterocycles. The highest BCUT2D eigenvalue weighted by atomic mass is 79.9. The summed E-state index contributed by atoms with van der Waals surface area (Å²) in [7, 11) is 3.88. The van der Waals surface area contributed by atoms with Gasteiger partial charge in [-0.25, -0.2) is 4.98 Å². The Bertz CT molecular complexity index is 938. The van der Waals surface area contributed by atoms with E-state index in [9.17, 15) is 0 Å². The Labute approximate surface area is 161 Å². The largest absolute Gasteiger partial charge is 0.495 e. The molecule has 2 aromatic carbocycles. The Morgan fingerprint density at radius 3 is 2.65 bits per heavy atom. The summed E-state index contributed by atoms with van der Waals surface area (Å²) in [6, 6.07) is 12.2. The van der Waals surface area contributed by atoms with Crippen molar-refractivity contribution in [2.24, 2.45) is 0 Å². The molecule has 1 fully saturated rings. The van der Waals surface area contributed by atoms with Crippen molar-refractivity contribution in [2.75, 3.05) is 45.2 Å². The highest BCUT2D eigenvalue weighted by Gasteiger charge is 2.19. The maximum atomic E-state index is 5.61. The Balaban J connectivity index is 1.75. The minimum absolute atomic E-state index is 0.863. The van der Waals surface area contributed by atoms with Crippen LogP contribution >= 0.6 is 15.9 Å². The first-order chi connectivity index (χ1) is 12.7. The van der Waals surface area contributed by atoms with E-state index >= 15 is 0 Å². The summed E-state index contributed by atoms with van der Waals surface area (Å²) in [4.78, 5) is 14.1. The summed E-state index contributed by atoms with van der Waals surface area (Å²) in [5.74, 6) is 0.897. The fourth-order valence-electron chi connectivity index (χ4n) is 3.28. The third kappa shape index (κ3) is 3.27. The molecule has 0 unspecified atom stereocenters. The van der Waals surface area contributed by atoms with E-state index in [0.29, 0.717) is 0 Å². The predicted molar refractivity (Wildman–Crippen MR) is 109 cm³/mol. The van der Waals surface area contributed by atoms with Gasteiger partial charge in [0, 0.05) is 36.2 Å². The Kier molecular flexibility index (Phi) is 4.78. The number of hydrogen-bond donors (Lipinski definition) is 0. The van der Waals surface area contributed by atoms with Gasteiger partial charge in [-0.1, -0.05) is 6.07 Å². The number of likely N-dealkylation sites (N-methyl/N-ethyl adjacent to an activating group) is 1. The molecule has 1 aromatic heterocycles. The molecule has 0 N–H and O–H groups in total. The van der Waals surface area contributed by atoms with Crippen LogP contribution in [0.2, 0.25) is 0 Å². The molecule has 134 valence electrons. The normalized spacial score (nSPS) is 15.4. The molecule has 0 bridgehead atoms. The molecule has 6 heteroatoms. The average Bonchev–Trinajstić information content (AvgIpc) is 2.68. The summed E-state index contributed by atoms with van der Waals surface area (Å²) in [5.41, 5.74) is 4.79. The van der Waals surface area contributed by atoms with Crippen LogP contribution in [0.15, 0.2) is 47.1 Å². The molecule has 0 radical (unpaired) electrons. The highest BCUT2D eigenvalue weighted by molar-refractivity contribution is 9.10. The molecule has 5 nitrogen and oxygen atoms in total. The van der Waals surface area contributed by atoms with Crippen LogP contribution in [-0.2, 0) is 0 Å². The van der Waals surface area contributed by atoms with Gasteiger partial charge in [0.2, 0.25) is 0 Å². The quantitative estimate of drug-likeness (QED) is 0.653. The molecule has 1 saturated heterocycles. The molecule has 1 aliphatic rings. The van der Waals surface area contributed by atoms with Gasteiger partial charge in [0.05, 0.1) is 30.2 Å². The molecular formula is C20H21BrN4O. The molecule has 26 heavy (non-hydrogen) atoms. The van der Waals surface area contributed by atoms with Crippen molar-refractivity contribution >= 4 is 32.7 Å². The van der Waals surface area contributed by atoms with Crippen LogP contribution in [0.25, 0.3) is 22.3 Å². The monoisotopic (exact) mass is 412 g/mol. The average molecular weight is 413 g/mol. The second-order valence-electron chi connectivity index (χ2n) is 6.54. The Hall–Kier alpha value is -2.18. The zero-order valence-electron chi connectivity index (χ0n) is 14.9. The maximum Gasteiger partial charge on any atom is 0.142 e. The zero-order valence-corrected chi connectivity index (χ0v) is 16.5. The van der Waals surface area contributed by atoms with Gasteiger partial charge in [-0.2, -0.15) is 0 Å². The highest BCUT2D eigenvalue weighted by Crippen LogP contribution is 2.34. The van der Waals surface area contributed by atoms with Gasteiger partial charge in [0.25, 0.3) is 0 Å². The molecule has 0 amide bonds. The first-order valence-electron chi connectivity index (χ1n) is 8.69. The lowest BCUT2D eigenvalue weighted by atomic mass is 10.1. The van der Waals surface area contributed by atoms with E-state index < -0.39 is 0 Å². The second kappa shape index (κ2) is 7.21. The van der Waals surface area contributed by atoms with Gasteiger partial charge < -0.3 is 14.5 Å². The molecule has 4 rings (SSSR count). The van der Waals surface area contributed by atoms with Gasteiger partial charge in [0.15, 0.2) is 0 Å². The number of hydrogen-bond acceptors (Lipinski definition) is 5. The van der Waals surface area contributed by atoms with Crippen molar-refractivity contribution in [1.29, 1.82) is 0 Å². The van der Waals surface area contributed by atoms with Crippen LogP contribution in [0.1, 0.15) is 0 Å². The molecule has 0 aliphatic carbocycles. The summed E-state index contributed by atoms with van der Waals surface area (Å²) in [6.45, 7) is 4.09. The van der Waals surface area contributed by atoms with E-state index in [1.807, 2.05) is 36.5 Å². The molecule has 0 atom stereocenters.